The summed E-state index contributed by atoms with van der Waals surface area (Å²) in [6, 6.07) is 4.25. The van der Waals surface area contributed by atoms with Crippen molar-refractivity contribution >= 4 is 21.8 Å². The predicted molar refractivity (Wildman–Crippen MR) is 78.1 cm³/mol. The molecule has 1 atom stereocenters. The van der Waals surface area contributed by atoms with E-state index in [1.54, 1.807) is 6.07 Å². The van der Waals surface area contributed by atoms with Crippen molar-refractivity contribution in [1.82, 2.24) is 5.32 Å². The van der Waals surface area contributed by atoms with Gasteiger partial charge in [0.05, 0.1) is 0 Å². The molecule has 20 heavy (non-hydrogen) atoms. The summed E-state index contributed by atoms with van der Waals surface area (Å²) in [6.45, 7) is 3.66. The maximum Gasteiger partial charge on any atom is 0.258 e. The van der Waals surface area contributed by atoms with Gasteiger partial charge in [-0.25, -0.2) is 4.39 Å². The first-order chi connectivity index (χ1) is 9.43. The van der Waals surface area contributed by atoms with Gasteiger partial charge in [-0.2, -0.15) is 0 Å². The average molecular weight is 348 g/mol. The number of aliphatic hydroxyl groups is 1. The third-order valence-electron chi connectivity index (χ3n) is 2.84. The molecule has 1 rings (SSSR count). The van der Waals surface area contributed by atoms with Gasteiger partial charge in [-0.1, -0.05) is 29.8 Å². The lowest BCUT2D eigenvalue weighted by Crippen LogP contribution is -2.41. The second-order valence-electron chi connectivity index (χ2n) is 4.79. The summed E-state index contributed by atoms with van der Waals surface area (Å²) in [4.78, 5) is 11.7. The Morgan fingerprint density at radius 3 is 2.75 bits per heavy atom. The minimum Gasteiger partial charge on any atom is -0.481 e. The molecule has 0 saturated heterocycles. The molecule has 0 fully saturated rings. The Morgan fingerprint density at radius 1 is 1.50 bits per heavy atom. The zero-order valence-electron chi connectivity index (χ0n) is 11.5. The molecule has 1 aromatic carbocycles. The van der Waals surface area contributed by atoms with E-state index >= 15 is 0 Å². The topological polar surface area (TPSA) is 58.6 Å². The van der Waals surface area contributed by atoms with Gasteiger partial charge >= 0.3 is 0 Å². The van der Waals surface area contributed by atoms with Crippen LogP contribution in [0.15, 0.2) is 22.7 Å². The Hall–Kier alpha value is -1.14. The van der Waals surface area contributed by atoms with Crippen LogP contribution in [0.1, 0.15) is 20.3 Å². The summed E-state index contributed by atoms with van der Waals surface area (Å²) < 4.78 is 19.2. The van der Waals surface area contributed by atoms with Crippen LogP contribution >= 0.6 is 15.9 Å². The monoisotopic (exact) mass is 347 g/mol. The lowest BCUT2D eigenvalue weighted by atomic mass is 10.0. The molecule has 0 bridgehead atoms. The van der Waals surface area contributed by atoms with Gasteiger partial charge in [-0.3, -0.25) is 4.79 Å². The molecule has 0 aliphatic rings. The van der Waals surface area contributed by atoms with Crippen LogP contribution in [-0.4, -0.2) is 30.3 Å². The number of aliphatic hydroxyl groups excluding tert-OH is 1. The van der Waals surface area contributed by atoms with Crippen LogP contribution in [0.5, 0.6) is 5.75 Å². The maximum atomic E-state index is 13.5. The third-order valence-corrected chi connectivity index (χ3v) is 3.34. The molecular formula is C14H19BrFNO3. The van der Waals surface area contributed by atoms with Crippen LogP contribution in [0.4, 0.5) is 4.39 Å². The van der Waals surface area contributed by atoms with Gasteiger partial charge in [0.25, 0.3) is 5.91 Å². The molecule has 0 aliphatic heterocycles. The van der Waals surface area contributed by atoms with E-state index in [1.165, 1.54) is 12.1 Å². The summed E-state index contributed by atoms with van der Waals surface area (Å²) >= 11 is 3.14. The fourth-order valence-electron chi connectivity index (χ4n) is 1.70. The quantitative estimate of drug-likeness (QED) is 0.796. The molecule has 1 unspecified atom stereocenters. The average Bonchev–Trinajstić information content (AvgIpc) is 2.37. The van der Waals surface area contributed by atoms with E-state index in [-0.39, 0.29) is 36.8 Å². The SMILES string of the molecule is CC(C)C(CCO)NC(=O)COc1ccc(Br)cc1F. The largest absolute Gasteiger partial charge is 0.481 e. The van der Waals surface area contributed by atoms with Crippen LogP contribution in [0.3, 0.4) is 0 Å². The first kappa shape index (κ1) is 16.9. The van der Waals surface area contributed by atoms with Gasteiger partial charge < -0.3 is 15.2 Å². The van der Waals surface area contributed by atoms with Crippen molar-refractivity contribution in [2.24, 2.45) is 5.92 Å². The maximum absolute atomic E-state index is 13.5. The van der Waals surface area contributed by atoms with Gasteiger partial charge in [-0.05, 0) is 30.5 Å². The third kappa shape index (κ3) is 5.46. The lowest BCUT2D eigenvalue weighted by Gasteiger charge is -2.21. The lowest BCUT2D eigenvalue weighted by molar-refractivity contribution is -0.124. The smallest absolute Gasteiger partial charge is 0.258 e. The molecule has 0 radical (unpaired) electrons. The van der Waals surface area contributed by atoms with E-state index in [0.717, 1.165) is 0 Å². The van der Waals surface area contributed by atoms with Crippen molar-refractivity contribution < 1.29 is 19.0 Å². The van der Waals surface area contributed by atoms with Crippen LogP contribution in [0.2, 0.25) is 0 Å². The molecule has 0 aliphatic carbocycles. The second-order valence-corrected chi connectivity index (χ2v) is 5.71. The Morgan fingerprint density at radius 2 is 2.20 bits per heavy atom. The molecule has 1 aromatic rings. The number of amides is 1. The minimum absolute atomic E-state index is 0.00528. The zero-order valence-corrected chi connectivity index (χ0v) is 13.1. The standard InChI is InChI=1S/C14H19BrFNO3/c1-9(2)12(5-6-18)17-14(19)8-20-13-4-3-10(15)7-11(13)16/h3-4,7,9,12,18H,5-6,8H2,1-2H3,(H,17,19). The molecule has 6 heteroatoms. The highest BCUT2D eigenvalue weighted by molar-refractivity contribution is 9.10. The van der Waals surface area contributed by atoms with E-state index in [2.05, 4.69) is 21.2 Å². The normalized spacial score (nSPS) is 12.3. The van der Waals surface area contributed by atoms with Gasteiger partial charge in [0.1, 0.15) is 0 Å². The zero-order chi connectivity index (χ0) is 15.1. The fraction of sp³-hybridized carbons (Fsp3) is 0.500. The van der Waals surface area contributed by atoms with E-state index in [9.17, 15) is 9.18 Å². The molecule has 2 N–H and O–H groups in total. The fourth-order valence-corrected chi connectivity index (χ4v) is 2.03. The number of hydrogen-bond donors (Lipinski definition) is 2. The Balaban J connectivity index is 2.50. The number of hydrogen-bond acceptors (Lipinski definition) is 3. The molecule has 0 aromatic heterocycles. The van der Waals surface area contributed by atoms with Crippen LogP contribution in [-0.2, 0) is 4.79 Å². The Labute approximate surface area is 126 Å². The molecule has 0 saturated carbocycles. The van der Waals surface area contributed by atoms with Crippen molar-refractivity contribution in [3.8, 4) is 5.75 Å². The minimum atomic E-state index is -0.525. The first-order valence-corrected chi connectivity index (χ1v) is 7.21. The number of carbonyl (C=O) groups excluding carboxylic acids is 1. The number of halogens is 2. The van der Waals surface area contributed by atoms with Gasteiger partial charge in [0.15, 0.2) is 18.2 Å². The van der Waals surface area contributed by atoms with Crippen molar-refractivity contribution in [1.29, 1.82) is 0 Å². The number of carbonyl (C=O) groups is 1. The van der Waals surface area contributed by atoms with Crippen molar-refractivity contribution in [3.63, 3.8) is 0 Å². The number of nitrogens with one attached hydrogen (secondary N) is 1. The summed E-state index contributed by atoms with van der Waals surface area (Å²) in [5.41, 5.74) is 0. The summed E-state index contributed by atoms with van der Waals surface area (Å²) in [6.07, 6.45) is 0.482. The summed E-state index contributed by atoms with van der Waals surface area (Å²) in [5, 5.41) is 11.7. The van der Waals surface area contributed by atoms with E-state index in [0.29, 0.717) is 10.9 Å². The molecule has 4 nitrogen and oxygen atoms in total. The number of benzene rings is 1. The van der Waals surface area contributed by atoms with Crippen molar-refractivity contribution in [3.05, 3.63) is 28.5 Å². The number of rotatable bonds is 7. The van der Waals surface area contributed by atoms with Gasteiger partial charge in [0.2, 0.25) is 0 Å². The summed E-state index contributed by atoms with van der Waals surface area (Å²) in [5.74, 6) is -0.621. The Bertz CT molecular complexity index is 454. The van der Waals surface area contributed by atoms with Crippen LogP contribution < -0.4 is 10.1 Å². The van der Waals surface area contributed by atoms with E-state index in [4.69, 9.17) is 9.84 Å². The first-order valence-electron chi connectivity index (χ1n) is 6.42. The van der Waals surface area contributed by atoms with Crippen molar-refractivity contribution in [2.45, 2.75) is 26.3 Å². The van der Waals surface area contributed by atoms with Crippen molar-refractivity contribution in [2.75, 3.05) is 13.2 Å². The van der Waals surface area contributed by atoms with E-state index < -0.39 is 5.82 Å². The van der Waals surface area contributed by atoms with Crippen LogP contribution in [0, 0.1) is 11.7 Å². The molecule has 1 amide bonds. The number of ether oxygens (including phenoxy) is 1. The molecule has 0 heterocycles. The second kappa shape index (κ2) is 8.21. The molecule has 112 valence electrons. The summed E-state index contributed by atoms with van der Waals surface area (Å²) in [7, 11) is 0. The molecule has 0 spiro atoms. The van der Waals surface area contributed by atoms with Gasteiger partial charge in [-0.15, -0.1) is 0 Å². The highest BCUT2D eigenvalue weighted by atomic mass is 79.9. The molecular weight excluding hydrogens is 329 g/mol. The van der Waals surface area contributed by atoms with Crippen LogP contribution in [0.25, 0.3) is 0 Å². The Kier molecular flexibility index (Phi) is 6.95. The predicted octanol–water partition coefficient (Wildman–Crippen LogP) is 2.49. The van der Waals surface area contributed by atoms with E-state index in [1.807, 2.05) is 13.8 Å². The van der Waals surface area contributed by atoms with Gasteiger partial charge in [0, 0.05) is 17.1 Å². The highest BCUT2D eigenvalue weighted by Gasteiger charge is 2.16. The highest BCUT2D eigenvalue weighted by Crippen LogP contribution is 2.21.